The van der Waals surface area contributed by atoms with Gasteiger partial charge in [-0.2, -0.15) is 0 Å². The molecule has 0 saturated carbocycles. The maximum Gasteiger partial charge on any atom is 0.244 e. The van der Waals surface area contributed by atoms with Crippen molar-refractivity contribution in [2.45, 2.75) is 25.4 Å². The summed E-state index contributed by atoms with van der Waals surface area (Å²) in [7, 11) is 3.16. The number of rotatable bonds is 5. The minimum absolute atomic E-state index is 0.241. The molecule has 0 bridgehead atoms. The van der Waals surface area contributed by atoms with Gasteiger partial charge in [0.15, 0.2) is 0 Å². The Morgan fingerprint density at radius 1 is 1.31 bits per heavy atom. The van der Waals surface area contributed by atoms with E-state index in [4.69, 9.17) is 11.5 Å². The summed E-state index contributed by atoms with van der Waals surface area (Å²) in [6, 6.07) is -1.70. The quantitative estimate of drug-likeness (QED) is 0.495. The number of primary amides is 1. The van der Waals surface area contributed by atoms with Crippen molar-refractivity contribution >= 4 is 17.7 Å². The average molecular weight is 230 g/mol. The minimum atomic E-state index is -1.02. The van der Waals surface area contributed by atoms with Crippen LogP contribution in [0.15, 0.2) is 0 Å². The largest absolute Gasteiger partial charge is 0.370 e. The van der Waals surface area contributed by atoms with E-state index >= 15 is 0 Å². The highest BCUT2D eigenvalue weighted by atomic mass is 16.2. The predicted molar refractivity (Wildman–Crippen MR) is 58.1 cm³/mol. The molecule has 0 fully saturated rings. The van der Waals surface area contributed by atoms with E-state index in [1.54, 1.807) is 14.1 Å². The lowest BCUT2D eigenvalue weighted by Crippen LogP contribution is -2.50. The number of nitrogens with zero attached hydrogens (tertiary/aromatic N) is 1. The van der Waals surface area contributed by atoms with Crippen molar-refractivity contribution in [1.29, 1.82) is 0 Å². The Bertz CT molecular complexity index is 290. The monoisotopic (exact) mass is 230 g/mol. The first-order valence-electron chi connectivity index (χ1n) is 4.81. The topological polar surface area (TPSA) is 119 Å². The van der Waals surface area contributed by atoms with E-state index in [9.17, 15) is 14.4 Å². The standard InChI is InChI=1S/C9H18N4O3/c1-5(9(16)13(2)3)12-8(15)6(10)4-7(11)14/h5-6H,4,10H2,1-3H3,(H2,11,14)(H,12,15). The van der Waals surface area contributed by atoms with Crippen LogP contribution in [0, 0.1) is 0 Å². The van der Waals surface area contributed by atoms with Crippen molar-refractivity contribution in [3.63, 3.8) is 0 Å². The zero-order chi connectivity index (χ0) is 12.9. The zero-order valence-electron chi connectivity index (χ0n) is 9.69. The van der Waals surface area contributed by atoms with Gasteiger partial charge in [-0.3, -0.25) is 14.4 Å². The number of nitrogens with one attached hydrogen (secondary N) is 1. The third-order valence-corrected chi connectivity index (χ3v) is 1.93. The van der Waals surface area contributed by atoms with Crippen LogP contribution in [0.4, 0.5) is 0 Å². The molecule has 0 heterocycles. The van der Waals surface area contributed by atoms with Gasteiger partial charge in [0.2, 0.25) is 17.7 Å². The number of likely N-dealkylation sites (N-methyl/N-ethyl adjacent to an activating group) is 1. The fraction of sp³-hybridized carbons (Fsp3) is 0.667. The number of nitrogens with two attached hydrogens (primary N) is 2. The van der Waals surface area contributed by atoms with Crippen LogP contribution in [-0.2, 0) is 14.4 Å². The van der Waals surface area contributed by atoms with Crippen LogP contribution in [0.1, 0.15) is 13.3 Å². The molecule has 5 N–H and O–H groups in total. The van der Waals surface area contributed by atoms with Crippen LogP contribution >= 0.6 is 0 Å². The highest BCUT2D eigenvalue weighted by Gasteiger charge is 2.21. The van der Waals surface area contributed by atoms with Crippen LogP contribution < -0.4 is 16.8 Å². The Labute approximate surface area is 94.1 Å². The van der Waals surface area contributed by atoms with Gasteiger partial charge in [0.25, 0.3) is 0 Å². The summed E-state index contributed by atoms with van der Waals surface area (Å²) in [6.07, 6.45) is -0.241. The van der Waals surface area contributed by atoms with E-state index in [1.165, 1.54) is 11.8 Å². The van der Waals surface area contributed by atoms with E-state index in [2.05, 4.69) is 5.32 Å². The van der Waals surface area contributed by atoms with E-state index in [1.807, 2.05) is 0 Å². The number of carbonyl (C=O) groups excluding carboxylic acids is 3. The number of carbonyl (C=O) groups is 3. The smallest absolute Gasteiger partial charge is 0.244 e. The molecule has 0 spiro atoms. The zero-order valence-corrected chi connectivity index (χ0v) is 9.69. The molecule has 0 aliphatic rings. The Hall–Kier alpha value is -1.63. The molecular formula is C9H18N4O3. The highest BCUT2D eigenvalue weighted by Crippen LogP contribution is 1.92. The third-order valence-electron chi connectivity index (χ3n) is 1.93. The summed E-state index contributed by atoms with van der Waals surface area (Å²) in [5, 5.41) is 2.40. The predicted octanol–water partition coefficient (Wildman–Crippen LogP) is -2.22. The van der Waals surface area contributed by atoms with Crippen LogP contribution in [0.25, 0.3) is 0 Å². The lowest BCUT2D eigenvalue weighted by molar-refractivity contribution is -0.134. The SMILES string of the molecule is CC(NC(=O)C(N)CC(N)=O)C(=O)N(C)C. The molecule has 0 aromatic rings. The summed E-state index contributed by atoms with van der Waals surface area (Å²) in [5.41, 5.74) is 10.3. The maximum absolute atomic E-state index is 11.4. The molecule has 92 valence electrons. The Morgan fingerprint density at radius 3 is 2.19 bits per heavy atom. The van der Waals surface area contributed by atoms with E-state index in [-0.39, 0.29) is 12.3 Å². The summed E-state index contributed by atoms with van der Waals surface area (Å²) >= 11 is 0. The summed E-state index contributed by atoms with van der Waals surface area (Å²) in [5.74, 6) is -1.48. The van der Waals surface area contributed by atoms with Crippen LogP contribution in [0.2, 0.25) is 0 Å². The van der Waals surface area contributed by atoms with Crippen molar-refractivity contribution in [3.05, 3.63) is 0 Å². The molecule has 2 atom stereocenters. The van der Waals surface area contributed by atoms with Gasteiger partial charge in [0.1, 0.15) is 6.04 Å². The van der Waals surface area contributed by atoms with Gasteiger partial charge < -0.3 is 21.7 Å². The first-order valence-corrected chi connectivity index (χ1v) is 4.81. The molecule has 16 heavy (non-hydrogen) atoms. The van der Waals surface area contributed by atoms with Crippen LogP contribution in [-0.4, -0.2) is 48.8 Å². The number of amides is 3. The first kappa shape index (κ1) is 14.4. The Morgan fingerprint density at radius 2 is 1.81 bits per heavy atom. The molecular weight excluding hydrogens is 212 g/mol. The second-order valence-corrected chi connectivity index (χ2v) is 3.74. The molecule has 0 rings (SSSR count). The van der Waals surface area contributed by atoms with Gasteiger partial charge in [-0.05, 0) is 6.92 Å². The molecule has 7 nitrogen and oxygen atoms in total. The molecule has 0 saturated heterocycles. The lowest BCUT2D eigenvalue weighted by atomic mass is 10.2. The second-order valence-electron chi connectivity index (χ2n) is 3.74. The van der Waals surface area contributed by atoms with Crippen molar-refractivity contribution in [1.82, 2.24) is 10.2 Å². The average Bonchev–Trinajstić information content (AvgIpc) is 2.14. The van der Waals surface area contributed by atoms with Crippen molar-refractivity contribution in [3.8, 4) is 0 Å². The van der Waals surface area contributed by atoms with Crippen molar-refractivity contribution in [2.75, 3.05) is 14.1 Å². The molecule has 0 aromatic carbocycles. The van der Waals surface area contributed by atoms with Gasteiger partial charge >= 0.3 is 0 Å². The molecule has 0 aliphatic heterocycles. The highest BCUT2D eigenvalue weighted by molar-refractivity contribution is 5.91. The fourth-order valence-corrected chi connectivity index (χ4v) is 1.08. The van der Waals surface area contributed by atoms with Crippen LogP contribution in [0.5, 0.6) is 0 Å². The molecule has 3 amide bonds. The molecule has 2 unspecified atom stereocenters. The normalized spacial score (nSPS) is 13.8. The second kappa shape index (κ2) is 6.06. The molecule has 7 heteroatoms. The maximum atomic E-state index is 11.4. The molecule has 0 aliphatic carbocycles. The first-order chi connectivity index (χ1) is 7.25. The summed E-state index contributed by atoms with van der Waals surface area (Å²) in [6.45, 7) is 1.54. The Balaban J connectivity index is 4.23. The molecule has 0 aromatic heterocycles. The van der Waals surface area contributed by atoms with E-state index < -0.39 is 23.9 Å². The van der Waals surface area contributed by atoms with Gasteiger partial charge in [0.05, 0.1) is 12.5 Å². The van der Waals surface area contributed by atoms with Gasteiger partial charge in [-0.25, -0.2) is 0 Å². The third kappa shape index (κ3) is 4.74. The Kier molecular flexibility index (Phi) is 5.44. The minimum Gasteiger partial charge on any atom is -0.370 e. The van der Waals surface area contributed by atoms with Gasteiger partial charge in [-0.15, -0.1) is 0 Å². The lowest BCUT2D eigenvalue weighted by Gasteiger charge is -2.19. The fourth-order valence-electron chi connectivity index (χ4n) is 1.08. The van der Waals surface area contributed by atoms with Gasteiger partial charge in [-0.1, -0.05) is 0 Å². The number of hydrogen-bond acceptors (Lipinski definition) is 4. The van der Waals surface area contributed by atoms with Gasteiger partial charge in [0, 0.05) is 14.1 Å². The number of hydrogen-bond donors (Lipinski definition) is 3. The summed E-state index contributed by atoms with van der Waals surface area (Å²) < 4.78 is 0. The van der Waals surface area contributed by atoms with Crippen LogP contribution in [0.3, 0.4) is 0 Å². The van der Waals surface area contributed by atoms with E-state index in [0.717, 1.165) is 0 Å². The van der Waals surface area contributed by atoms with Crippen molar-refractivity contribution < 1.29 is 14.4 Å². The van der Waals surface area contributed by atoms with Crippen molar-refractivity contribution in [2.24, 2.45) is 11.5 Å². The summed E-state index contributed by atoms with van der Waals surface area (Å²) in [4.78, 5) is 34.7. The molecule has 0 radical (unpaired) electrons. The van der Waals surface area contributed by atoms with E-state index in [0.29, 0.717) is 0 Å².